The summed E-state index contributed by atoms with van der Waals surface area (Å²) in [7, 11) is 5.16. The number of carbonyl (C=O) groups is 1. The van der Waals surface area contributed by atoms with Crippen LogP contribution in [0.2, 0.25) is 0 Å². The average molecular weight is 339 g/mol. The van der Waals surface area contributed by atoms with Gasteiger partial charge in [-0.15, -0.1) is 0 Å². The van der Waals surface area contributed by atoms with Gasteiger partial charge in [-0.1, -0.05) is 12.1 Å². The van der Waals surface area contributed by atoms with E-state index in [0.29, 0.717) is 24.3 Å². The van der Waals surface area contributed by atoms with E-state index in [1.165, 1.54) is 0 Å². The zero-order chi connectivity index (χ0) is 17.8. The Morgan fingerprint density at radius 3 is 2.72 bits per heavy atom. The van der Waals surface area contributed by atoms with Crippen molar-refractivity contribution in [1.29, 1.82) is 0 Å². The fourth-order valence-corrected chi connectivity index (χ4v) is 2.80. The third-order valence-electron chi connectivity index (χ3n) is 4.17. The molecule has 1 aromatic heterocycles. The molecule has 0 saturated carbocycles. The van der Waals surface area contributed by atoms with Gasteiger partial charge in [-0.25, -0.2) is 4.98 Å². The Morgan fingerprint density at radius 2 is 1.96 bits per heavy atom. The summed E-state index contributed by atoms with van der Waals surface area (Å²) in [5.74, 6) is 2.10. The number of hydrogen-bond acceptors (Lipinski definition) is 4. The molecule has 3 aromatic rings. The molecule has 0 bridgehead atoms. The lowest BCUT2D eigenvalue weighted by molar-refractivity contribution is 0.0951. The van der Waals surface area contributed by atoms with Crippen LogP contribution >= 0.6 is 0 Å². The van der Waals surface area contributed by atoms with Crippen molar-refractivity contribution in [2.45, 2.75) is 6.42 Å². The Labute approximate surface area is 146 Å². The van der Waals surface area contributed by atoms with Crippen LogP contribution in [0.3, 0.4) is 0 Å². The molecule has 1 amide bonds. The number of rotatable bonds is 6. The number of aromatic nitrogens is 2. The zero-order valence-corrected chi connectivity index (χ0v) is 14.6. The molecule has 0 radical (unpaired) electrons. The predicted molar refractivity (Wildman–Crippen MR) is 96.3 cm³/mol. The van der Waals surface area contributed by atoms with Gasteiger partial charge < -0.3 is 19.4 Å². The largest absolute Gasteiger partial charge is 0.497 e. The van der Waals surface area contributed by atoms with Crippen LogP contribution in [0, 0.1) is 0 Å². The first kappa shape index (κ1) is 16.8. The van der Waals surface area contributed by atoms with Crippen LogP contribution in [0.5, 0.6) is 11.5 Å². The van der Waals surface area contributed by atoms with Crippen molar-refractivity contribution >= 4 is 16.9 Å². The molecule has 0 saturated heterocycles. The van der Waals surface area contributed by atoms with Crippen molar-refractivity contribution < 1.29 is 14.3 Å². The van der Waals surface area contributed by atoms with Gasteiger partial charge in [0.25, 0.3) is 5.91 Å². The molecular weight excluding hydrogens is 318 g/mol. The summed E-state index contributed by atoms with van der Waals surface area (Å²) in [4.78, 5) is 17.0. The third kappa shape index (κ3) is 3.42. The van der Waals surface area contributed by atoms with Crippen molar-refractivity contribution in [2.75, 3.05) is 20.8 Å². The summed E-state index contributed by atoms with van der Waals surface area (Å²) in [5, 5.41) is 2.92. The predicted octanol–water partition coefficient (Wildman–Crippen LogP) is 2.56. The first-order chi connectivity index (χ1) is 12.1. The van der Waals surface area contributed by atoms with Crippen LogP contribution in [-0.2, 0) is 13.5 Å². The Hall–Kier alpha value is -3.02. The van der Waals surface area contributed by atoms with Crippen LogP contribution in [0.4, 0.5) is 0 Å². The molecule has 130 valence electrons. The van der Waals surface area contributed by atoms with E-state index in [-0.39, 0.29) is 5.91 Å². The summed E-state index contributed by atoms with van der Waals surface area (Å²) in [5.41, 5.74) is 2.44. The van der Waals surface area contributed by atoms with Crippen molar-refractivity contribution in [3.63, 3.8) is 0 Å². The number of amides is 1. The SMILES string of the molecule is COc1ccc2c(c1)nc(CCNC(=O)c1ccccc1OC)n2C. The number of aryl methyl sites for hydroxylation is 1. The molecule has 3 rings (SSSR count). The highest BCUT2D eigenvalue weighted by Gasteiger charge is 2.12. The fraction of sp³-hybridized carbons (Fsp3) is 0.263. The van der Waals surface area contributed by atoms with E-state index in [1.54, 1.807) is 26.4 Å². The standard InChI is InChI=1S/C19H21N3O3/c1-22-16-9-8-13(24-2)12-15(16)21-18(22)10-11-20-19(23)14-6-4-5-7-17(14)25-3/h4-9,12H,10-11H2,1-3H3,(H,20,23). The highest BCUT2D eigenvalue weighted by atomic mass is 16.5. The molecule has 0 aliphatic heterocycles. The Kier molecular flexibility index (Phi) is 4.88. The maximum Gasteiger partial charge on any atom is 0.255 e. The first-order valence-corrected chi connectivity index (χ1v) is 8.04. The number of benzene rings is 2. The fourth-order valence-electron chi connectivity index (χ4n) is 2.80. The number of ether oxygens (including phenoxy) is 2. The summed E-state index contributed by atoms with van der Waals surface area (Å²) < 4.78 is 12.5. The second kappa shape index (κ2) is 7.25. The second-order valence-electron chi connectivity index (χ2n) is 5.65. The molecule has 6 heteroatoms. The normalized spacial score (nSPS) is 10.7. The van der Waals surface area contributed by atoms with Gasteiger partial charge in [0.2, 0.25) is 0 Å². The lowest BCUT2D eigenvalue weighted by Gasteiger charge is -2.09. The van der Waals surface area contributed by atoms with Gasteiger partial charge in [0.05, 0.1) is 30.8 Å². The minimum absolute atomic E-state index is 0.155. The van der Waals surface area contributed by atoms with Crippen LogP contribution in [0.1, 0.15) is 16.2 Å². The lowest BCUT2D eigenvalue weighted by Crippen LogP contribution is -2.26. The first-order valence-electron chi connectivity index (χ1n) is 8.04. The number of imidazole rings is 1. The summed E-state index contributed by atoms with van der Waals surface area (Å²) >= 11 is 0. The molecule has 2 aromatic carbocycles. The van der Waals surface area contributed by atoms with Gasteiger partial charge in [-0.2, -0.15) is 0 Å². The number of hydrogen-bond donors (Lipinski definition) is 1. The molecule has 0 spiro atoms. The van der Waals surface area contributed by atoms with E-state index in [4.69, 9.17) is 9.47 Å². The molecule has 0 unspecified atom stereocenters. The van der Waals surface area contributed by atoms with E-state index >= 15 is 0 Å². The van der Waals surface area contributed by atoms with Gasteiger partial charge in [0.1, 0.15) is 17.3 Å². The quantitative estimate of drug-likeness (QED) is 0.750. The number of para-hydroxylation sites is 1. The van der Waals surface area contributed by atoms with Crippen molar-refractivity contribution in [3.8, 4) is 11.5 Å². The van der Waals surface area contributed by atoms with Crippen LogP contribution in [0.15, 0.2) is 42.5 Å². The van der Waals surface area contributed by atoms with Gasteiger partial charge >= 0.3 is 0 Å². The smallest absolute Gasteiger partial charge is 0.255 e. The van der Waals surface area contributed by atoms with Gasteiger partial charge in [0, 0.05) is 26.1 Å². The number of nitrogens with zero attached hydrogens (tertiary/aromatic N) is 2. The highest BCUT2D eigenvalue weighted by Crippen LogP contribution is 2.21. The molecule has 1 heterocycles. The molecule has 6 nitrogen and oxygen atoms in total. The molecule has 25 heavy (non-hydrogen) atoms. The monoisotopic (exact) mass is 339 g/mol. The Balaban J connectivity index is 1.68. The average Bonchev–Trinajstić information content (AvgIpc) is 2.96. The van der Waals surface area contributed by atoms with Crippen molar-refractivity contribution in [1.82, 2.24) is 14.9 Å². The number of nitrogens with one attached hydrogen (secondary N) is 1. The molecular formula is C19H21N3O3. The van der Waals surface area contributed by atoms with Gasteiger partial charge in [-0.3, -0.25) is 4.79 Å². The minimum Gasteiger partial charge on any atom is -0.497 e. The summed E-state index contributed by atoms with van der Waals surface area (Å²) in [6.45, 7) is 0.491. The third-order valence-corrected chi connectivity index (χ3v) is 4.17. The summed E-state index contributed by atoms with van der Waals surface area (Å²) in [6.07, 6.45) is 0.633. The van der Waals surface area contributed by atoms with E-state index in [0.717, 1.165) is 22.6 Å². The molecule has 0 aliphatic rings. The van der Waals surface area contributed by atoms with Crippen LogP contribution < -0.4 is 14.8 Å². The minimum atomic E-state index is -0.155. The maximum absolute atomic E-state index is 12.3. The van der Waals surface area contributed by atoms with Gasteiger partial charge in [-0.05, 0) is 24.3 Å². The van der Waals surface area contributed by atoms with Crippen LogP contribution in [-0.4, -0.2) is 36.2 Å². The number of methoxy groups -OCH3 is 2. The van der Waals surface area contributed by atoms with Crippen molar-refractivity contribution in [3.05, 3.63) is 53.9 Å². The zero-order valence-electron chi connectivity index (χ0n) is 14.6. The molecule has 0 aliphatic carbocycles. The Bertz CT molecular complexity index is 902. The topological polar surface area (TPSA) is 65.4 Å². The van der Waals surface area contributed by atoms with Crippen molar-refractivity contribution in [2.24, 2.45) is 7.05 Å². The second-order valence-corrected chi connectivity index (χ2v) is 5.65. The number of fused-ring (bicyclic) bond motifs is 1. The van der Waals surface area contributed by atoms with E-state index in [9.17, 15) is 4.79 Å². The number of carbonyl (C=O) groups excluding carboxylic acids is 1. The summed E-state index contributed by atoms with van der Waals surface area (Å²) in [6, 6.07) is 13.0. The lowest BCUT2D eigenvalue weighted by atomic mass is 10.2. The van der Waals surface area contributed by atoms with E-state index in [2.05, 4.69) is 10.3 Å². The molecule has 0 fully saturated rings. The molecule has 0 atom stereocenters. The Morgan fingerprint density at radius 1 is 1.16 bits per heavy atom. The highest BCUT2D eigenvalue weighted by molar-refractivity contribution is 5.96. The van der Waals surface area contributed by atoms with E-state index in [1.807, 2.05) is 41.9 Å². The van der Waals surface area contributed by atoms with Gasteiger partial charge in [0.15, 0.2) is 0 Å². The van der Waals surface area contributed by atoms with Crippen LogP contribution in [0.25, 0.3) is 11.0 Å². The molecule has 1 N–H and O–H groups in total. The van der Waals surface area contributed by atoms with E-state index < -0.39 is 0 Å². The maximum atomic E-state index is 12.3.